The number of fused-ring (bicyclic) bond motifs is 4. The van der Waals surface area contributed by atoms with Gasteiger partial charge in [0.1, 0.15) is 0 Å². The number of halogens is 1. The average molecular weight is 437 g/mol. The number of carbonyl (C=O) groups is 1. The van der Waals surface area contributed by atoms with Gasteiger partial charge in [-0.05, 0) is 54.5 Å². The highest BCUT2D eigenvalue weighted by Gasteiger charge is 2.39. The molecule has 3 heterocycles. The zero-order valence-electron chi connectivity index (χ0n) is 17.8. The molecule has 1 aliphatic carbocycles. The molecular weight excluding hydrogens is 408 g/mol. The second-order valence-corrected chi connectivity index (χ2v) is 9.82. The summed E-state index contributed by atoms with van der Waals surface area (Å²) in [6.45, 7) is 2.24. The number of pyridine rings is 1. The SMILES string of the molecule is O=C(C1CCCCC1)N1C[C@@H]2C[C@@H](C1)c1c(C=Cc3ccc(Cl)cc3)ccc(=O)n1C2. The quantitative estimate of drug-likeness (QED) is 0.663. The minimum absolute atomic E-state index is 0.0698. The molecule has 0 spiro atoms. The summed E-state index contributed by atoms with van der Waals surface area (Å²) < 4.78 is 1.96. The summed E-state index contributed by atoms with van der Waals surface area (Å²) in [5, 5.41) is 0.719. The lowest BCUT2D eigenvalue weighted by Gasteiger charge is -2.44. The van der Waals surface area contributed by atoms with Crippen LogP contribution in [0.15, 0.2) is 41.2 Å². The summed E-state index contributed by atoms with van der Waals surface area (Å²) in [6.07, 6.45) is 10.9. The third-order valence-electron chi connectivity index (χ3n) is 7.21. The average Bonchev–Trinajstić information content (AvgIpc) is 2.80. The van der Waals surface area contributed by atoms with Crippen molar-refractivity contribution in [3.05, 3.63) is 68.6 Å². The van der Waals surface area contributed by atoms with Crippen molar-refractivity contribution in [3.63, 3.8) is 0 Å². The Morgan fingerprint density at radius 2 is 1.71 bits per heavy atom. The van der Waals surface area contributed by atoms with Gasteiger partial charge >= 0.3 is 0 Å². The van der Waals surface area contributed by atoms with Crippen LogP contribution in [0, 0.1) is 11.8 Å². The molecule has 2 fully saturated rings. The number of nitrogens with zero attached hydrogens (tertiary/aromatic N) is 2. The van der Waals surface area contributed by atoms with Crippen molar-refractivity contribution in [2.24, 2.45) is 11.8 Å². The predicted octanol–water partition coefficient (Wildman–Crippen LogP) is 5.20. The number of carbonyl (C=O) groups excluding carboxylic acids is 1. The first-order valence-corrected chi connectivity index (χ1v) is 11.9. The maximum absolute atomic E-state index is 13.2. The summed E-state index contributed by atoms with van der Waals surface area (Å²) in [5.74, 6) is 1.14. The van der Waals surface area contributed by atoms with Gasteiger partial charge in [-0.15, -0.1) is 0 Å². The molecule has 1 amide bonds. The molecule has 1 aromatic heterocycles. The van der Waals surface area contributed by atoms with Crippen LogP contribution < -0.4 is 5.56 Å². The van der Waals surface area contributed by atoms with E-state index >= 15 is 0 Å². The molecule has 2 aromatic rings. The number of hydrogen-bond acceptors (Lipinski definition) is 2. The molecule has 0 unspecified atom stereocenters. The Morgan fingerprint density at radius 1 is 0.935 bits per heavy atom. The molecular formula is C26H29ClN2O2. The maximum atomic E-state index is 13.2. The molecule has 1 saturated heterocycles. The summed E-state index contributed by atoms with van der Waals surface area (Å²) in [7, 11) is 0. The van der Waals surface area contributed by atoms with Gasteiger partial charge in [0.2, 0.25) is 5.91 Å². The first-order chi connectivity index (χ1) is 15.1. The van der Waals surface area contributed by atoms with Crippen molar-refractivity contribution in [1.82, 2.24) is 9.47 Å². The van der Waals surface area contributed by atoms with Crippen LogP contribution in [0.4, 0.5) is 0 Å². The highest BCUT2D eigenvalue weighted by molar-refractivity contribution is 6.30. The van der Waals surface area contributed by atoms with Gasteiger partial charge in [0.15, 0.2) is 0 Å². The fourth-order valence-corrected chi connectivity index (χ4v) is 5.86. The number of aromatic nitrogens is 1. The molecule has 2 aliphatic heterocycles. The van der Waals surface area contributed by atoms with Gasteiger partial charge in [-0.1, -0.05) is 55.1 Å². The van der Waals surface area contributed by atoms with Gasteiger partial charge in [0, 0.05) is 48.3 Å². The predicted molar refractivity (Wildman–Crippen MR) is 125 cm³/mol. The Bertz CT molecular complexity index is 1050. The van der Waals surface area contributed by atoms with E-state index in [1.165, 1.54) is 19.3 Å². The van der Waals surface area contributed by atoms with E-state index in [1.54, 1.807) is 6.07 Å². The van der Waals surface area contributed by atoms with Crippen LogP contribution >= 0.6 is 11.6 Å². The van der Waals surface area contributed by atoms with E-state index in [0.717, 1.165) is 54.2 Å². The van der Waals surface area contributed by atoms with Crippen LogP contribution in [0.25, 0.3) is 12.2 Å². The van der Waals surface area contributed by atoms with E-state index in [2.05, 4.69) is 17.1 Å². The molecule has 0 N–H and O–H groups in total. The van der Waals surface area contributed by atoms with Gasteiger partial charge in [-0.3, -0.25) is 9.59 Å². The zero-order valence-corrected chi connectivity index (χ0v) is 18.6. The molecule has 1 aromatic carbocycles. The van der Waals surface area contributed by atoms with E-state index < -0.39 is 0 Å². The normalized spacial score (nSPS) is 23.7. The molecule has 3 aliphatic rings. The van der Waals surface area contributed by atoms with Gasteiger partial charge in [0.25, 0.3) is 5.56 Å². The van der Waals surface area contributed by atoms with E-state index in [4.69, 9.17) is 11.6 Å². The Labute approximate surface area is 188 Å². The van der Waals surface area contributed by atoms with Crippen molar-refractivity contribution in [2.75, 3.05) is 13.1 Å². The van der Waals surface area contributed by atoms with Crippen molar-refractivity contribution in [2.45, 2.75) is 51.0 Å². The first-order valence-electron chi connectivity index (χ1n) is 11.5. The summed E-state index contributed by atoms with van der Waals surface area (Å²) in [4.78, 5) is 28.0. The monoisotopic (exact) mass is 436 g/mol. The van der Waals surface area contributed by atoms with Crippen LogP contribution in [0.2, 0.25) is 5.02 Å². The van der Waals surface area contributed by atoms with Crippen molar-refractivity contribution in [3.8, 4) is 0 Å². The molecule has 2 bridgehead atoms. The van der Waals surface area contributed by atoms with E-state index in [-0.39, 0.29) is 17.4 Å². The maximum Gasteiger partial charge on any atom is 0.250 e. The molecule has 1 saturated carbocycles. The van der Waals surface area contributed by atoms with E-state index in [9.17, 15) is 9.59 Å². The van der Waals surface area contributed by atoms with Crippen molar-refractivity contribution < 1.29 is 4.79 Å². The minimum Gasteiger partial charge on any atom is -0.341 e. The van der Waals surface area contributed by atoms with Gasteiger partial charge in [0.05, 0.1) is 0 Å². The Balaban J connectivity index is 1.43. The van der Waals surface area contributed by atoms with Crippen molar-refractivity contribution in [1.29, 1.82) is 0 Å². The van der Waals surface area contributed by atoms with Gasteiger partial charge in [-0.25, -0.2) is 0 Å². The van der Waals surface area contributed by atoms with Crippen LogP contribution in [-0.2, 0) is 11.3 Å². The highest BCUT2D eigenvalue weighted by Crippen LogP contribution is 2.38. The third-order valence-corrected chi connectivity index (χ3v) is 7.47. The van der Waals surface area contributed by atoms with Crippen LogP contribution in [-0.4, -0.2) is 28.5 Å². The number of benzene rings is 1. The van der Waals surface area contributed by atoms with Crippen LogP contribution in [0.5, 0.6) is 0 Å². The summed E-state index contributed by atoms with van der Waals surface area (Å²) >= 11 is 6.00. The van der Waals surface area contributed by atoms with Crippen LogP contribution in [0.3, 0.4) is 0 Å². The lowest BCUT2D eigenvalue weighted by molar-refractivity contribution is -0.139. The lowest BCUT2D eigenvalue weighted by atomic mass is 9.80. The number of amides is 1. The third kappa shape index (κ3) is 4.23. The molecule has 5 rings (SSSR count). The van der Waals surface area contributed by atoms with Crippen LogP contribution in [0.1, 0.15) is 61.3 Å². The summed E-state index contributed by atoms with van der Waals surface area (Å²) in [5.41, 5.74) is 3.31. The molecule has 5 heteroatoms. The lowest BCUT2D eigenvalue weighted by Crippen LogP contribution is -2.51. The second kappa shape index (κ2) is 8.66. The number of rotatable bonds is 3. The van der Waals surface area contributed by atoms with E-state index in [0.29, 0.717) is 18.4 Å². The standard InChI is InChI=1S/C26H29ClN2O2/c27-23-11-7-18(8-12-23)6-9-20-10-13-24(30)29-16-19-14-22(25(20)29)17-28(15-19)26(31)21-4-2-1-3-5-21/h6-13,19,21-22H,1-5,14-17H2/t19-,22-/m0/s1. The first kappa shape index (κ1) is 20.6. The molecule has 162 valence electrons. The largest absolute Gasteiger partial charge is 0.341 e. The fourth-order valence-electron chi connectivity index (χ4n) is 5.74. The van der Waals surface area contributed by atoms with E-state index in [1.807, 2.05) is 34.9 Å². The Morgan fingerprint density at radius 3 is 2.48 bits per heavy atom. The second-order valence-electron chi connectivity index (χ2n) is 9.38. The molecule has 31 heavy (non-hydrogen) atoms. The number of likely N-dealkylation sites (tertiary alicyclic amines) is 1. The minimum atomic E-state index is 0.0698. The molecule has 0 radical (unpaired) electrons. The van der Waals surface area contributed by atoms with Gasteiger partial charge < -0.3 is 9.47 Å². The number of hydrogen-bond donors (Lipinski definition) is 0. The van der Waals surface area contributed by atoms with Crippen molar-refractivity contribution >= 4 is 29.7 Å². The fraction of sp³-hybridized carbons (Fsp3) is 0.462. The Hall–Kier alpha value is -2.33. The molecule has 4 nitrogen and oxygen atoms in total. The smallest absolute Gasteiger partial charge is 0.250 e. The Kier molecular flexibility index (Phi) is 5.75. The zero-order chi connectivity index (χ0) is 21.4. The van der Waals surface area contributed by atoms with Gasteiger partial charge in [-0.2, -0.15) is 0 Å². The molecule has 2 atom stereocenters. The summed E-state index contributed by atoms with van der Waals surface area (Å²) in [6, 6.07) is 11.3. The highest BCUT2D eigenvalue weighted by atomic mass is 35.5. The number of piperidine rings is 1. The topological polar surface area (TPSA) is 42.3 Å².